The summed E-state index contributed by atoms with van der Waals surface area (Å²) in [5.41, 5.74) is -2.09. The van der Waals surface area contributed by atoms with Crippen molar-refractivity contribution in [2.24, 2.45) is 0 Å². The van der Waals surface area contributed by atoms with Gasteiger partial charge in [0.25, 0.3) is 0 Å². The molecule has 2 atom stereocenters. The fraction of sp³-hybridized carbons (Fsp3) is 0.889. The van der Waals surface area contributed by atoms with Crippen molar-refractivity contribution in [2.75, 3.05) is 20.8 Å². The highest BCUT2D eigenvalue weighted by molar-refractivity contribution is 5.76. The second-order valence-corrected chi connectivity index (χ2v) is 3.14. The Bertz CT molecular complexity index is 203. The predicted octanol–water partition coefficient (Wildman–Crippen LogP) is 0.257. The van der Waals surface area contributed by atoms with Crippen LogP contribution in [0.3, 0.4) is 0 Å². The summed E-state index contributed by atoms with van der Waals surface area (Å²) in [6, 6.07) is 0. The Morgan fingerprint density at radius 3 is 2.27 bits per heavy atom. The molecule has 0 saturated heterocycles. The van der Waals surface area contributed by atoms with Crippen LogP contribution in [0.2, 0.25) is 0 Å². The smallest absolute Gasteiger partial charge is 0.343 e. The Morgan fingerprint density at radius 2 is 1.93 bits per heavy atom. The topological polar surface area (TPSA) is 65.0 Å². The van der Waals surface area contributed by atoms with Gasteiger partial charge in [0.2, 0.25) is 6.17 Å². The first-order valence-corrected chi connectivity index (χ1v) is 4.50. The Labute approximate surface area is 88.1 Å². The molecule has 2 unspecified atom stereocenters. The summed E-state index contributed by atoms with van der Waals surface area (Å²) in [6.07, 6.45) is -3.46. The van der Waals surface area contributed by atoms with Crippen LogP contribution in [0, 0.1) is 0 Å². The van der Waals surface area contributed by atoms with Gasteiger partial charge in [-0.15, -0.1) is 0 Å². The largest absolute Gasteiger partial charge is 0.464 e. The molecule has 5 nitrogen and oxygen atoms in total. The van der Waals surface area contributed by atoms with E-state index < -0.39 is 24.0 Å². The van der Waals surface area contributed by atoms with E-state index in [1.54, 1.807) is 6.92 Å². The highest BCUT2D eigenvalue weighted by Gasteiger charge is 2.46. The maximum absolute atomic E-state index is 13.5. The fourth-order valence-electron chi connectivity index (χ4n) is 1.15. The van der Waals surface area contributed by atoms with Crippen LogP contribution in [0.25, 0.3) is 0 Å². The molecular formula is C9H17FO5. The highest BCUT2D eigenvalue weighted by Crippen LogP contribution is 2.22. The van der Waals surface area contributed by atoms with E-state index in [0.717, 1.165) is 6.92 Å². The van der Waals surface area contributed by atoms with E-state index in [0.29, 0.717) is 0 Å². The summed E-state index contributed by atoms with van der Waals surface area (Å²) in [5.74, 6) is -1.14. The first-order chi connectivity index (χ1) is 6.91. The lowest BCUT2D eigenvalue weighted by Gasteiger charge is -2.31. The molecule has 90 valence electrons. The van der Waals surface area contributed by atoms with Gasteiger partial charge in [-0.1, -0.05) is 0 Å². The third-order valence-electron chi connectivity index (χ3n) is 1.91. The lowest BCUT2D eigenvalue weighted by molar-refractivity contribution is -0.232. The van der Waals surface area contributed by atoms with Gasteiger partial charge in [-0.2, -0.15) is 0 Å². The van der Waals surface area contributed by atoms with Crippen LogP contribution in [0.4, 0.5) is 4.39 Å². The summed E-state index contributed by atoms with van der Waals surface area (Å²) >= 11 is 0. The van der Waals surface area contributed by atoms with Crippen molar-refractivity contribution in [1.29, 1.82) is 0 Å². The zero-order valence-corrected chi connectivity index (χ0v) is 9.32. The molecule has 0 amide bonds. The van der Waals surface area contributed by atoms with Gasteiger partial charge in [-0.3, -0.25) is 0 Å². The monoisotopic (exact) mass is 224 g/mol. The molecule has 0 rings (SSSR count). The number of hydrogen-bond donors (Lipinski definition) is 1. The Balaban J connectivity index is 4.61. The van der Waals surface area contributed by atoms with E-state index in [4.69, 9.17) is 9.47 Å². The number of esters is 1. The van der Waals surface area contributed by atoms with Crippen LogP contribution in [0.1, 0.15) is 13.8 Å². The van der Waals surface area contributed by atoms with Crippen molar-refractivity contribution in [3.63, 3.8) is 0 Å². The average molecular weight is 224 g/mol. The molecule has 0 aromatic carbocycles. The molecule has 1 N–H and O–H groups in total. The number of hydrogen-bond acceptors (Lipinski definition) is 5. The maximum Gasteiger partial charge on any atom is 0.343 e. The molecule has 15 heavy (non-hydrogen) atoms. The van der Waals surface area contributed by atoms with E-state index >= 15 is 0 Å². The van der Waals surface area contributed by atoms with E-state index in [1.807, 2.05) is 0 Å². The Kier molecular flexibility index (Phi) is 5.71. The fourth-order valence-corrected chi connectivity index (χ4v) is 1.15. The van der Waals surface area contributed by atoms with Crippen molar-refractivity contribution >= 4 is 5.97 Å². The number of alkyl halides is 1. The first kappa shape index (κ1) is 14.3. The van der Waals surface area contributed by atoms with Crippen molar-refractivity contribution in [3.05, 3.63) is 0 Å². The second-order valence-electron chi connectivity index (χ2n) is 3.14. The summed E-state index contributed by atoms with van der Waals surface area (Å²) < 4.78 is 27.3. The van der Waals surface area contributed by atoms with E-state index in [2.05, 4.69) is 4.74 Å². The van der Waals surface area contributed by atoms with Gasteiger partial charge in [-0.05, 0) is 13.8 Å². The van der Waals surface area contributed by atoms with Gasteiger partial charge < -0.3 is 19.3 Å². The zero-order valence-electron chi connectivity index (χ0n) is 9.32. The number of halogens is 1. The quantitative estimate of drug-likeness (QED) is 0.518. The molecule has 0 spiro atoms. The molecule has 0 fully saturated rings. The molecular weight excluding hydrogens is 207 g/mol. The standard InChI is InChI=1S/C9H17FO5/c1-5-15-7(11)6(10)9(2,12)8(13-3)14-4/h6,8,12H,5H2,1-4H3. The van der Waals surface area contributed by atoms with Gasteiger partial charge in [0, 0.05) is 14.2 Å². The third kappa shape index (κ3) is 3.40. The van der Waals surface area contributed by atoms with E-state index in [-0.39, 0.29) is 6.61 Å². The van der Waals surface area contributed by atoms with Crippen molar-refractivity contribution in [1.82, 2.24) is 0 Å². The molecule has 0 aromatic rings. The number of carbonyl (C=O) groups is 1. The van der Waals surface area contributed by atoms with Gasteiger partial charge in [-0.25, -0.2) is 9.18 Å². The van der Waals surface area contributed by atoms with Crippen LogP contribution in [-0.2, 0) is 19.0 Å². The Hall–Kier alpha value is -0.720. The van der Waals surface area contributed by atoms with Gasteiger partial charge in [0.1, 0.15) is 0 Å². The molecule has 0 aromatic heterocycles. The third-order valence-corrected chi connectivity index (χ3v) is 1.91. The lowest BCUT2D eigenvalue weighted by Crippen LogP contribution is -2.53. The van der Waals surface area contributed by atoms with Crippen molar-refractivity contribution < 1.29 is 28.5 Å². The molecule has 0 aliphatic carbocycles. The van der Waals surface area contributed by atoms with Gasteiger partial charge >= 0.3 is 5.97 Å². The van der Waals surface area contributed by atoms with Crippen molar-refractivity contribution in [3.8, 4) is 0 Å². The average Bonchev–Trinajstić information content (AvgIpc) is 2.18. The minimum absolute atomic E-state index is 0.0416. The van der Waals surface area contributed by atoms with E-state index in [9.17, 15) is 14.3 Å². The predicted molar refractivity (Wildman–Crippen MR) is 50.0 cm³/mol. The molecule has 0 bridgehead atoms. The number of carbonyl (C=O) groups excluding carboxylic acids is 1. The number of methoxy groups -OCH3 is 2. The SMILES string of the molecule is CCOC(=O)C(F)C(C)(O)C(OC)OC. The molecule has 0 aliphatic heterocycles. The first-order valence-electron chi connectivity index (χ1n) is 4.50. The molecule has 0 heterocycles. The summed E-state index contributed by atoms with van der Waals surface area (Å²) in [7, 11) is 2.47. The molecule has 0 radical (unpaired) electrons. The van der Waals surface area contributed by atoms with E-state index in [1.165, 1.54) is 14.2 Å². The van der Waals surface area contributed by atoms with Crippen LogP contribution in [0.15, 0.2) is 0 Å². The zero-order chi connectivity index (χ0) is 12.1. The molecule has 6 heteroatoms. The lowest BCUT2D eigenvalue weighted by atomic mass is 10.00. The van der Waals surface area contributed by atoms with Gasteiger partial charge in [0.15, 0.2) is 11.9 Å². The molecule has 0 aliphatic rings. The van der Waals surface area contributed by atoms with Crippen LogP contribution in [-0.4, -0.2) is 50.0 Å². The summed E-state index contributed by atoms with van der Waals surface area (Å²) in [6.45, 7) is 2.69. The Morgan fingerprint density at radius 1 is 1.47 bits per heavy atom. The van der Waals surface area contributed by atoms with Gasteiger partial charge in [0.05, 0.1) is 6.61 Å². The van der Waals surface area contributed by atoms with Crippen LogP contribution < -0.4 is 0 Å². The highest BCUT2D eigenvalue weighted by atomic mass is 19.1. The molecule has 0 saturated carbocycles. The normalized spacial score (nSPS) is 17.3. The summed E-state index contributed by atoms with van der Waals surface area (Å²) in [5, 5.41) is 9.71. The minimum Gasteiger partial charge on any atom is -0.464 e. The summed E-state index contributed by atoms with van der Waals surface area (Å²) in [4.78, 5) is 11.1. The van der Waals surface area contributed by atoms with Crippen molar-refractivity contribution in [2.45, 2.75) is 31.9 Å². The van der Waals surface area contributed by atoms with Crippen LogP contribution >= 0.6 is 0 Å². The second kappa shape index (κ2) is 5.99. The number of aliphatic hydroxyl groups is 1. The maximum atomic E-state index is 13.5. The minimum atomic E-state index is -2.22. The number of rotatable bonds is 6. The number of ether oxygens (including phenoxy) is 3. The van der Waals surface area contributed by atoms with Crippen LogP contribution in [0.5, 0.6) is 0 Å².